The van der Waals surface area contributed by atoms with Gasteiger partial charge >= 0.3 is 0 Å². The first-order chi connectivity index (χ1) is 8.26. The zero-order chi connectivity index (χ0) is 12.3. The summed E-state index contributed by atoms with van der Waals surface area (Å²) in [5.74, 6) is 1.79. The molecule has 0 N–H and O–H groups in total. The highest BCUT2D eigenvalue weighted by atomic mass is 16.5. The number of hydrogen-bond donors (Lipinski definition) is 0. The molecule has 1 heterocycles. The quantitative estimate of drug-likeness (QED) is 0.802. The van der Waals surface area contributed by atoms with E-state index in [1.165, 1.54) is 0 Å². The molecule has 1 fully saturated rings. The van der Waals surface area contributed by atoms with Gasteiger partial charge in [-0.15, -0.1) is 0 Å². The Morgan fingerprint density at radius 3 is 2.29 bits per heavy atom. The van der Waals surface area contributed by atoms with E-state index in [1.54, 1.807) is 14.2 Å². The Kier molecular flexibility index (Phi) is 3.74. The van der Waals surface area contributed by atoms with E-state index in [2.05, 4.69) is 4.90 Å². The van der Waals surface area contributed by atoms with Crippen LogP contribution in [0.25, 0.3) is 0 Å². The lowest BCUT2D eigenvalue weighted by Crippen LogP contribution is -2.36. The van der Waals surface area contributed by atoms with Crippen molar-refractivity contribution >= 4 is 5.69 Å². The minimum absolute atomic E-state index is 0.763. The predicted molar refractivity (Wildman–Crippen MR) is 67.3 cm³/mol. The third-order valence-electron chi connectivity index (χ3n) is 3.05. The largest absolute Gasteiger partial charge is 0.496 e. The third kappa shape index (κ3) is 2.47. The minimum atomic E-state index is 0.763. The molecule has 0 aliphatic carbocycles. The number of ether oxygens (including phenoxy) is 3. The summed E-state index contributed by atoms with van der Waals surface area (Å²) in [7, 11) is 3.39. The van der Waals surface area contributed by atoms with E-state index in [4.69, 9.17) is 14.2 Å². The summed E-state index contributed by atoms with van der Waals surface area (Å²) in [4.78, 5) is 2.27. The summed E-state index contributed by atoms with van der Waals surface area (Å²) in [5.41, 5.74) is 2.17. The fourth-order valence-electron chi connectivity index (χ4n) is 2.09. The highest BCUT2D eigenvalue weighted by Crippen LogP contribution is 2.35. The number of nitrogens with zero attached hydrogens (tertiary/aromatic N) is 1. The Labute approximate surface area is 102 Å². The maximum atomic E-state index is 5.44. The van der Waals surface area contributed by atoms with Crippen molar-refractivity contribution < 1.29 is 14.2 Å². The van der Waals surface area contributed by atoms with E-state index in [0.29, 0.717) is 0 Å². The minimum Gasteiger partial charge on any atom is -0.496 e. The fraction of sp³-hybridized carbons (Fsp3) is 0.538. The van der Waals surface area contributed by atoms with Crippen LogP contribution < -0.4 is 14.4 Å². The van der Waals surface area contributed by atoms with Crippen LogP contribution in [0.5, 0.6) is 11.5 Å². The molecule has 0 atom stereocenters. The van der Waals surface area contributed by atoms with Crippen LogP contribution in [0.15, 0.2) is 12.1 Å². The van der Waals surface area contributed by atoms with Gasteiger partial charge in [0.25, 0.3) is 0 Å². The van der Waals surface area contributed by atoms with Crippen molar-refractivity contribution in [3.05, 3.63) is 17.7 Å². The van der Waals surface area contributed by atoms with Crippen LogP contribution in [0.3, 0.4) is 0 Å². The molecule has 0 spiro atoms. The Morgan fingerprint density at radius 1 is 1.06 bits per heavy atom. The Morgan fingerprint density at radius 2 is 1.71 bits per heavy atom. The summed E-state index contributed by atoms with van der Waals surface area (Å²) in [5, 5.41) is 0. The van der Waals surface area contributed by atoms with Crippen molar-refractivity contribution in [2.45, 2.75) is 6.92 Å². The number of anilines is 1. The van der Waals surface area contributed by atoms with Crippen LogP contribution in [0.1, 0.15) is 5.56 Å². The predicted octanol–water partition coefficient (Wildman–Crippen LogP) is 1.85. The van der Waals surface area contributed by atoms with Gasteiger partial charge < -0.3 is 19.1 Å². The van der Waals surface area contributed by atoms with E-state index in [0.717, 1.165) is 49.1 Å². The molecule has 4 nitrogen and oxygen atoms in total. The van der Waals surface area contributed by atoms with Crippen LogP contribution in [0.2, 0.25) is 0 Å². The molecule has 1 aromatic rings. The van der Waals surface area contributed by atoms with E-state index >= 15 is 0 Å². The standard InChI is InChI=1S/C13H19NO3/c1-10-8-13(16-3)11(9-12(10)15-2)14-4-6-17-7-5-14/h8-9H,4-7H2,1-3H3. The second-order valence-corrected chi connectivity index (χ2v) is 4.09. The normalized spacial score (nSPS) is 15.8. The summed E-state index contributed by atoms with van der Waals surface area (Å²) < 4.78 is 16.2. The summed E-state index contributed by atoms with van der Waals surface area (Å²) >= 11 is 0. The van der Waals surface area contributed by atoms with Gasteiger partial charge in [-0.1, -0.05) is 0 Å². The maximum Gasteiger partial charge on any atom is 0.142 e. The molecule has 2 rings (SSSR count). The highest BCUT2D eigenvalue weighted by Gasteiger charge is 2.17. The first kappa shape index (κ1) is 12.0. The first-order valence-electron chi connectivity index (χ1n) is 5.81. The maximum absolute atomic E-state index is 5.44. The van der Waals surface area contributed by atoms with Crippen molar-refractivity contribution in [1.82, 2.24) is 0 Å². The topological polar surface area (TPSA) is 30.9 Å². The van der Waals surface area contributed by atoms with Gasteiger partial charge in [0.1, 0.15) is 11.5 Å². The van der Waals surface area contributed by atoms with Crippen molar-refractivity contribution in [2.24, 2.45) is 0 Å². The molecule has 4 heteroatoms. The molecule has 0 bridgehead atoms. The number of benzene rings is 1. The molecule has 1 aromatic carbocycles. The smallest absolute Gasteiger partial charge is 0.142 e. The average molecular weight is 237 g/mol. The van der Waals surface area contributed by atoms with Gasteiger partial charge in [0, 0.05) is 19.2 Å². The molecule has 0 saturated carbocycles. The van der Waals surface area contributed by atoms with E-state index < -0.39 is 0 Å². The molecule has 0 radical (unpaired) electrons. The summed E-state index contributed by atoms with van der Waals surface area (Å²) in [6.45, 7) is 5.33. The fourth-order valence-corrected chi connectivity index (χ4v) is 2.09. The SMILES string of the molecule is COc1cc(N2CCOCC2)c(OC)cc1C. The van der Waals surface area contributed by atoms with Crippen molar-refractivity contribution in [3.63, 3.8) is 0 Å². The zero-order valence-corrected chi connectivity index (χ0v) is 10.7. The summed E-state index contributed by atoms with van der Waals surface area (Å²) in [6, 6.07) is 4.06. The Bertz CT molecular complexity index is 386. The van der Waals surface area contributed by atoms with Gasteiger partial charge in [0.2, 0.25) is 0 Å². The molecule has 0 aromatic heterocycles. The first-order valence-corrected chi connectivity index (χ1v) is 5.81. The van der Waals surface area contributed by atoms with Gasteiger partial charge in [0.05, 0.1) is 33.1 Å². The Balaban J connectivity index is 2.35. The summed E-state index contributed by atoms with van der Waals surface area (Å²) in [6.07, 6.45) is 0. The van der Waals surface area contributed by atoms with Crippen molar-refractivity contribution in [2.75, 3.05) is 45.4 Å². The average Bonchev–Trinajstić information content (AvgIpc) is 2.39. The monoisotopic (exact) mass is 237 g/mol. The zero-order valence-electron chi connectivity index (χ0n) is 10.7. The lowest BCUT2D eigenvalue weighted by atomic mass is 10.1. The van der Waals surface area contributed by atoms with Gasteiger partial charge in [-0.25, -0.2) is 0 Å². The number of methoxy groups -OCH3 is 2. The molecule has 17 heavy (non-hydrogen) atoms. The molecule has 0 unspecified atom stereocenters. The van der Waals surface area contributed by atoms with Crippen molar-refractivity contribution in [1.29, 1.82) is 0 Å². The van der Waals surface area contributed by atoms with E-state index in [1.807, 2.05) is 19.1 Å². The van der Waals surface area contributed by atoms with Gasteiger partial charge in [0.15, 0.2) is 0 Å². The van der Waals surface area contributed by atoms with E-state index in [-0.39, 0.29) is 0 Å². The Hall–Kier alpha value is -1.42. The van der Waals surface area contributed by atoms with Crippen molar-refractivity contribution in [3.8, 4) is 11.5 Å². The lowest BCUT2D eigenvalue weighted by molar-refractivity contribution is 0.122. The van der Waals surface area contributed by atoms with Crippen LogP contribution in [-0.4, -0.2) is 40.5 Å². The molecule has 94 valence electrons. The van der Waals surface area contributed by atoms with Crippen LogP contribution in [0.4, 0.5) is 5.69 Å². The van der Waals surface area contributed by atoms with E-state index in [9.17, 15) is 0 Å². The number of hydrogen-bond acceptors (Lipinski definition) is 4. The molecule has 1 aliphatic heterocycles. The van der Waals surface area contributed by atoms with Gasteiger partial charge in [-0.3, -0.25) is 0 Å². The molecular weight excluding hydrogens is 218 g/mol. The molecule has 1 aliphatic rings. The second kappa shape index (κ2) is 5.27. The third-order valence-corrected chi connectivity index (χ3v) is 3.05. The highest BCUT2D eigenvalue weighted by molar-refractivity contribution is 5.64. The molecule has 1 saturated heterocycles. The molecule has 0 amide bonds. The second-order valence-electron chi connectivity index (χ2n) is 4.09. The number of rotatable bonds is 3. The molecular formula is C13H19NO3. The van der Waals surface area contributed by atoms with Gasteiger partial charge in [-0.2, -0.15) is 0 Å². The van der Waals surface area contributed by atoms with Gasteiger partial charge in [-0.05, 0) is 18.6 Å². The van der Waals surface area contributed by atoms with Crippen LogP contribution >= 0.6 is 0 Å². The lowest BCUT2D eigenvalue weighted by Gasteiger charge is -2.30. The van der Waals surface area contributed by atoms with Crippen LogP contribution in [0, 0.1) is 6.92 Å². The number of aryl methyl sites for hydroxylation is 1. The van der Waals surface area contributed by atoms with Crippen LogP contribution in [-0.2, 0) is 4.74 Å². The number of morpholine rings is 1.